The Balaban J connectivity index is 2.22. The van der Waals surface area contributed by atoms with Crippen LogP contribution in [0.5, 0.6) is 0 Å². The van der Waals surface area contributed by atoms with Gasteiger partial charge in [0.2, 0.25) is 15.8 Å². The van der Waals surface area contributed by atoms with Crippen LogP contribution in [0.1, 0.15) is 33.2 Å². The van der Waals surface area contributed by atoms with Gasteiger partial charge in [0.05, 0.1) is 10.5 Å². The Morgan fingerprint density at radius 1 is 1.08 bits per heavy atom. The predicted molar refractivity (Wildman–Crippen MR) is 88.2 cm³/mol. The lowest BCUT2D eigenvalue weighted by molar-refractivity contribution is 0.0318. The highest BCUT2D eigenvalue weighted by molar-refractivity contribution is 7.89. The molecule has 0 amide bonds. The van der Waals surface area contributed by atoms with E-state index >= 15 is 0 Å². The summed E-state index contributed by atoms with van der Waals surface area (Å²) in [4.78, 5) is 24.3. The Bertz CT molecular complexity index is 875. The van der Waals surface area contributed by atoms with E-state index in [1.54, 1.807) is 37.3 Å². The van der Waals surface area contributed by atoms with E-state index < -0.39 is 22.1 Å². The molecular weight excluding hydrogens is 330 g/mol. The minimum atomic E-state index is -3.94. The maximum atomic E-state index is 12.3. The summed E-state index contributed by atoms with van der Waals surface area (Å²) in [5.74, 6) is -1.13. The summed E-state index contributed by atoms with van der Waals surface area (Å²) < 4.78 is 28.0. The topological polar surface area (TPSA) is 104 Å². The first kappa shape index (κ1) is 17.8. The monoisotopic (exact) mass is 347 g/mol. The number of rotatable bonds is 5. The molecule has 0 radical (unpaired) electrons. The fourth-order valence-corrected chi connectivity index (χ4v) is 2.65. The predicted octanol–water partition coefficient (Wildman–Crippen LogP) is 2.07. The van der Waals surface area contributed by atoms with Gasteiger partial charge in [-0.15, -0.1) is 0 Å². The minimum Gasteiger partial charge on any atom is -0.451 e. The molecule has 126 valence electrons. The van der Waals surface area contributed by atoms with E-state index in [9.17, 15) is 18.0 Å². The number of nitrogens with two attached hydrogens (primary N) is 1. The molecule has 7 heteroatoms. The van der Waals surface area contributed by atoms with Crippen LogP contribution in [0.3, 0.4) is 0 Å². The highest BCUT2D eigenvalue weighted by Crippen LogP contribution is 2.17. The van der Waals surface area contributed by atoms with Crippen molar-refractivity contribution in [2.24, 2.45) is 5.14 Å². The van der Waals surface area contributed by atoms with Crippen LogP contribution in [-0.2, 0) is 14.8 Å². The largest absolute Gasteiger partial charge is 0.451 e. The SMILES string of the molecule is Cc1ccc(S(N)(=O)=O)cc1C(=O)O[C@@H](C)C(=O)c1ccccc1. The zero-order valence-corrected chi connectivity index (χ0v) is 14.0. The number of carbonyl (C=O) groups is 2. The first-order valence-electron chi connectivity index (χ1n) is 7.14. The number of sulfonamides is 1. The third-order valence-corrected chi connectivity index (χ3v) is 4.38. The van der Waals surface area contributed by atoms with Gasteiger partial charge in [0.25, 0.3) is 0 Å². The highest BCUT2D eigenvalue weighted by Gasteiger charge is 2.22. The van der Waals surface area contributed by atoms with Crippen LogP contribution in [0, 0.1) is 6.92 Å². The van der Waals surface area contributed by atoms with Crippen LogP contribution < -0.4 is 5.14 Å². The van der Waals surface area contributed by atoms with Crippen molar-refractivity contribution in [3.8, 4) is 0 Å². The van der Waals surface area contributed by atoms with Gasteiger partial charge in [0.1, 0.15) is 0 Å². The van der Waals surface area contributed by atoms with Crippen LogP contribution in [0.4, 0.5) is 0 Å². The number of ketones is 1. The van der Waals surface area contributed by atoms with E-state index in [0.29, 0.717) is 11.1 Å². The van der Waals surface area contributed by atoms with Gasteiger partial charge >= 0.3 is 5.97 Å². The average Bonchev–Trinajstić information content (AvgIpc) is 2.54. The van der Waals surface area contributed by atoms with E-state index in [2.05, 4.69) is 0 Å². The van der Waals surface area contributed by atoms with E-state index in [1.807, 2.05) is 0 Å². The van der Waals surface area contributed by atoms with Gasteiger partial charge in [-0.3, -0.25) is 4.79 Å². The minimum absolute atomic E-state index is 0.0502. The van der Waals surface area contributed by atoms with Gasteiger partial charge in [0, 0.05) is 5.56 Å². The molecule has 0 aliphatic heterocycles. The average molecular weight is 347 g/mol. The quantitative estimate of drug-likeness (QED) is 0.659. The lowest BCUT2D eigenvalue weighted by Gasteiger charge is -2.14. The summed E-state index contributed by atoms with van der Waals surface area (Å²) in [7, 11) is -3.94. The summed E-state index contributed by atoms with van der Waals surface area (Å²) in [6.45, 7) is 3.10. The summed E-state index contributed by atoms with van der Waals surface area (Å²) in [6, 6.07) is 12.4. The molecule has 0 aromatic heterocycles. The number of ether oxygens (including phenoxy) is 1. The molecule has 0 unspecified atom stereocenters. The molecule has 0 spiro atoms. The van der Waals surface area contributed by atoms with Crippen LogP contribution in [-0.4, -0.2) is 26.3 Å². The van der Waals surface area contributed by atoms with Crippen LogP contribution in [0.15, 0.2) is 53.4 Å². The third-order valence-electron chi connectivity index (χ3n) is 3.47. The molecule has 0 aliphatic rings. The molecule has 0 aliphatic carbocycles. The van der Waals surface area contributed by atoms with Crippen molar-refractivity contribution < 1.29 is 22.7 Å². The summed E-state index contributed by atoms with van der Waals surface area (Å²) >= 11 is 0. The lowest BCUT2D eigenvalue weighted by atomic mass is 10.1. The number of Topliss-reactive ketones (excluding diaryl/α,β-unsaturated/α-hetero) is 1. The smallest absolute Gasteiger partial charge is 0.339 e. The molecule has 0 fully saturated rings. The molecule has 1 atom stereocenters. The third kappa shape index (κ3) is 4.06. The van der Waals surface area contributed by atoms with Crippen molar-refractivity contribution in [3.63, 3.8) is 0 Å². The number of primary sulfonamides is 1. The Hall–Kier alpha value is -2.51. The molecule has 0 saturated carbocycles. The molecule has 2 rings (SSSR count). The second kappa shape index (κ2) is 6.94. The molecule has 0 bridgehead atoms. The molecule has 2 N–H and O–H groups in total. The number of hydrogen-bond donors (Lipinski definition) is 1. The van der Waals surface area contributed by atoms with Gasteiger partial charge in [-0.25, -0.2) is 18.4 Å². The van der Waals surface area contributed by atoms with Gasteiger partial charge < -0.3 is 4.74 Å². The second-order valence-corrected chi connectivity index (χ2v) is 6.86. The van der Waals surface area contributed by atoms with Crippen LogP contribution >= 0.6 is 0 Å². The Kier molecular flexibility index (Phi) is 5.16. The second-order valence-electron chi connectivity index (χ2n) is 5.30. The standard InChI is InChI=1S/C17H17NO5S/c1-11-8-9-14(24(18,21)22)10-15(11)17(20)23-12(2)16(19)13-6-4-3-5-7-13/h3-10,12H,1-2H3,(H2,18,21,22)/t12-/m0/s1. The van der Waals surface area contributed by atoms with E-state index in [0.717, 1.165) is 6.07 Å². The molecule has 6 nitrogen and oxygen atoms in total. The van der Waals surface area contributed by atoms with Crippen molar-refractivity contribution in [2.75, 3.05) is 0 Å². The van der Waals surface area contributed by atoms with Crippen LogP contribution in [0.25, 0.3) is 0 Å². The van der Waals surface area contributed by atoms with Gasteiger partial charge in [-0.05, 0) is 31.5 Å². The van der Waals surface area contributed by atoms with Crippen molar-refractivity contribution in [1.29, 1.82) is 0 Å². The first-order valence-corrected chi connectivity index (χ1v) is 8.68. The molecular formula is C17H17NO5S. The summed E-state index contributed by atoms with van der Waals surface area (Å²) in [6.07, 6.45) is -1.00. The summed E-state index contributed by atoms with van der Waals surface area (Å²) in [5, 5.41) is 5.07. The fraction of sp³-hybridized carbons (Fsp3) is 0.176. The molecule has 0 heterocycles. The zero-order valence-electron chi connectivity index (χ0n) is 13.2. The van der Waals surface area contributed by atoms with Crippen molar-refractivity contribution in [3.05, 3.63) is 65.2 Å². The maximum Gasteiger partial charge on any atom is 0.339 e. The van der Waals surface area contributed by atoms with E-state index in [1.165, 1.54) is 19.1 Å². The number of hydrogen-bond acceptors (Lipinski definition) is 5. The Morgan fingerprint density at radius 2 is 1.71 bits per heavy atom. The van der Waals surface area contributed by atoms with Crippen molar-refractivity contribution >= 4 is 21.8 Å². The number of aryl methyl sites for hydroxylation is 1. The van der Waals surface area contributed by atoms with Crippen molar-refractivity contribution in [1.82, 2.24) is 0 Å². The molecule has 0 saturated heterocycles. The number of benzene rings is 2. The van der Waals surface area contributed by atoms with E-state index in [-0.39, 0.29) is 16.2 Å². The molecule has 2 aromatic carbocycles. The molecule has 2 aromatic rings. The molecule has 24 heavy (non-hydrogen) atoms. The fourth-order valence-electron chi connectivity index (χ4n) is 2.11. The number of esters is 1. The Morgan fingerprint density at radius 3 is 2.29 bits per heavy atom. The number of carbonyl (C=O) groups excluding carboxylic acids is 2. The van der Waals surface area contributed by atoms with Gasteiger partial charge in [-0.2, -0.15) is 0 Å². The highest BCUT2D eigenvalue weighted by atomic mass is 32.2. The van der Waals surface area contributed by atoms with E-state index in [4.69, 9.17) is 9.88 Å². The maximum absolute atomic E-state index is 12.3. The lowest BCUT2D eigenvalue weighted by Crippen LogP contribution is -2.25. The van der Waals surface area contributed by atoms with Crippen molar-refractivity contribution in [2.45, 2.75) is 24.8 Å². The zero-order chi connectivity index (χ0) is 17.9. The van der Waals surface area contributed by atoms with Crippen LogP contribution in [0.2, 0.25) is 0 Å². The van der Waals surface area contributed by atoms with Gasteiger partial charge in [-0.1, -0.05) is 36.4 Å². The Labute approximate surface area is 140 Å². The summed E-state index contributed by atoms with van der Waals surface area (Å²) in [5.41, 5.74) is 0.994. The normalized spacial score (nSPS) is 12.5. The van der Waals surface area contributed by atoms with Gasteiger partial charge in [0.15, 0.2) is 6.10 Å². The first-order chi connectivity index (χ1) is 11.2.